The number of fused-ring (bicyclic) bond motifs is 1. The van der Waals surface area contributed by atoms with E-state index in [9.17, 15) is 4.79 Å². The van der Waals surface area contributed by atoms with Gasteiger partial charge >= 0.3 is 0 Å². The molecule has 0 aliphatic rings. The molecule has 0 unspecified atom stereocenters. The van der Waals surface area contributed by atoms with Crippen LogP contribution in [0.3, 0.4) is 0 Å². The van der Waals surface area contributed by atoms with Crippen LogP contribution in [0, 0.1) is 6.92 Å². The highest BCUT2D eigenvalue weighted by Crippen LogP contribution is 2.32. The molecule has 0 aliphatic carbocycles. The van der Waals surface area contributed by atoms with Gasteiger partial charge in [0.15, 0.2) is 0 Å². The molecule has 0 fully saturated rings. The molecule has 102 valence electrons. The van der Waals surface area contributed by atoms with Crippen molar-refractivity contribution in [2.75, 3.05) is 0 Å². The molecule has 1 N–H and O–H groups in total. The fourth-order valence-electron chi connectivity index (χ4n) is 2.35. The van der Waals surface area contributed by atoms with E-state index in [1.54, 1.807) is 6.07 Å². The van der Waals surface area contributed by atoms with Crippen molar-refractivity contribution in [2.45, 2.75) is 26.7 Å². The molecule has 0 bridgehead atoms. The van der Waals surface area contributed by atoms with Gasteiger partial charge in [0, 0.05) is 11.5 Å². The second kappa shape index (κ2) is 4.63. The predicted octanol–water partition coefficient (Wildman–Crippen LogP) is 3.61. The molecule has 0 aliphatic heterocycles. The second-order valence-corrected chi connectivity index (χ2v) is 5.20. The molecule has 0 saturated heterocycles. The lowest BCUT2D eigenvalue weighted by atomic mass is 10.1. The van der Waals surface area contributed by atoms with Crippen LogP contribution in [-0.4, -0.2) is 9.97 Å². The Morgan fingerprint density at radius 3 is 2.75 bits per heavy atom. The standard InChI is InChI=1S/C16H16N2O2/c1-9(2)12-8-14(19)18-16(17-12)15-10(3)20-13-7-5-4-6-11(13)15/h4-9H,1-3H3,(H,17,18,19). The van der Waals surface area contributed by atoms with E-state index in [0.29, 0.717) is 5.82 Å². The van der Waals surface area contributed by atoms with E-state index in [1.165, 1.54) is 0 Å². The summed E-state index contributed by atoms with van der Waals surface area (Å²) in [6, 6.07) is 9.31. The lowest BCUT2D eigenvalue weighted by molar-refractivity contribution is 0.579. The lowest BCUT2D eigenvalue weighted by Crippen LogP contribution is -2.11. The Hall–Kier alpha value is -2.36. The zero-order valence-electron chi connectivity index (χ0n) is 11.7. The van der Waals surface area contributed by atoms with Crippen LogP contribution in [-0.2, 0) is 0 Å². The summed E-state index contributed by atoms with van der Waals surface area (Å²) in [6.07, 6.45) is 0. The molecule has 3 rings (SSSR count). The Morgan fingerprint density at radius 1 is 1.25 bits per heavy atom. The third-order valence-corrected chi connectivity index (χ3v) is 3.36. The topological polar surface area (TPSA) is 58.9 Å². The van der Waals surface area contributed by atoms with Crippen LogP contribution in [0.4, 0.5) is 0 Å². The van der Waals surface area contributed by atoms with Gasteiger partial charge in [0.05, 0.1) is 11.3 Å². The smallest absolute Gasteiger partial charge is 0.251 e. The molecule has 2 heterocycles. The number of nitrogens with zero attached hydrogens (tertiary/aromatic N) is 1. The normalized spacial score (nSPS) is 11.4. The number of nitrogens with one attached hydrogen (secondary N) is 1. The van der Waals surface area contributed by atoms with E-state index in [4.69, 9.17) is 4.42 Å². The van der Waals surface area contributed by atoms with Crippen molar-refractivity contribution >= 4 is 11.0 Å². The largest absolute Gasteiger partial charge is 0.461 e. The van der Waals surface area contributed by atoms with Crippen LogP contribution >= 0.6 is 0 Å². The van der Waals surface area contributed by atoms with Crippen LogP contribution in [0.2, 0.25) is 0 Å². The highest BCUT2D eigenvalue weighted by molar-refractivity contribution is 5.93. The number of H-pyrrole nitrogens is 1. The summed E-state index contributed by atoms with van der Waals surface area (Å²) < 4.78 is 5.73. The summed E-state index contributed by atoms with van der Waals surface area (Å²) >= 11 is 0. The number of benzene rings is 1. The van der Waals surface area contributed by atoms with E-state index < -0.39 is 0 Å². The van der Waals surface area contributed by atoms with Crippen LogP contribution in [0.15, 0.2) is 39.5 Å². The van der Waals surface area contributed by atoms with Crippen molar-refractivity contribution in [3.63, 3.8) is 0 Å². The van der Waals surface area contributed by atoms with Gasteiger partial charge in [0.2, 0.25) is 0 Å². The SMILES string of the molecule is Cc1oc2ccccc2c1-c1nc(C(C)C)cc(=O)[nH]1. The molecule has 3 aromatic rings. The van der Waals surface area contributed by atoms with Crippen molar-refractivity contribution in [2.24, 2.45) is 0 Å². The third kappa shape index (κ3) is 2.03. The van der Waals surface area contributed by atoms with Crippen LogP contribution in [0.1, 0.15) is 31.2 Å². The summed E-state index contributed by atoms with van der Waals surface area (Å²) in [4.78, 5) is 19.2. The average molecular weight is 268 g/mol. The maximum atomic E-state index is 11.8. The quantitative estimate of drug-likeness (QED) is 0.772. The Morgan fingerprint density at radius 2 is 2.00 bits per heavy atom. The summed E-state index contributed by atoms with van der Waals surface area (Å²) in [5.41, 5.74) is 2.31. The first-order chi connectivity index (χ1) is 9.56. The van der Waals surface area contributed by atoms with Gasteiger partial charge in [-0.15, -0.1) is 0 Å². The minimum absolute atomic E-state index is 0.136. The molecule has 0 atom stereocenters. The van der Waals surface area contributed by atoms with Gasteiger partial charge in [0.1, 0.15) is 17.2 Å². The van der Waals surface area contributed by atoms with Gasteiger partial charge in [-0.3, -0.25) is 4.79 Å². The molecular formula is C16H16N2O2. The van der Waals surface area contributed by atoms with Crippen molar-refractivity contribution in [3.8, 4) is 11.4 Å². The maximum absolute atomic E-state index is 11.8. The average Bonchev–Trinajstić information content (AvgIpc) is 2.73. The Kier molecular flexibility index (Phi) is 2.93. The first-order valence-corrected chi connectivity index (χ1v) is 6.66. The van der Waals surface area contributed by atoms with Gasteiger partial charge in [-0.05, 0) is 18.9 Å². The molecular weight excluding hydrogens is 252 g/mol. The summed E-state index contributed by atoms with van der Waals surface area (Å²) in [6.45, 7) is 5.93. The lowest BCUT2D eigenvalue weighted by Gasteiger charge is -2.06. The fraction of sp³-hybridized carbons (Fsp3) is 0.250. The Balaban J connectivity index is 2.31. The van der Waals surface area contributed by atoms with Gasteiger partial charge in [-0.25, -0.2) is 4.98 Å². The number of hydrogen-bond acceptors (Lipinski definition) is 3. The number of aromatic amines is 1. The van der Waals surface area contributed by atoms with Crippen LogP contribution < -0.4 is 5.56 Å². The van der Waals surface area contributed by atoms with Gasteiger partial charge in [-0.2, -0.15) is 0 Å². The number of aryl methyl sites for hydroxylation is 1. The first-order valence-electron chi connectivity index (χ1n) is 6.66. The van der Waals surface area contributed by atoms with Gasteiger partial charge in [0.25, 0.3) is 5.56 Å². The minimum atomic E-state index is -0.136. The molecule has 0 saturated carbocycles. The zero-order chi connectivity index (χ0) is 14.3. The van der Waals surface area contributed by atoms with Crippen LogP contribution in [0.25, 0.3) is 22.4 Å². The minimum Gasteiger partial charge on any atom is -0.461 e. The number of hydrogen-bond donors (Lipinski definition) is 1. The van der Waals surface area contributed by atoms with E-state index in [0.717, 1.165) is 28.0 Å². The predicted molar refractivity (Wildman–Crippen MR) is 78.9 cm³/mol. The molecule has 0 radical (unpaired) electrons. The van der Waals surface area contributed by atoms with Crippen molar-refractivity contribution in [1.82, 2.24) is 9.97 Å². The molecule has 0 spiro atoms. The third-order valence-electron chi connectivity index (χ3n) is 3.36. The molecule has 2 aromatic heterocycles. The summed E-state index contributed by atoms with van der Waals surface area (Å²) in [7, 11) is 0. The van der Waals surface area contributed by atoms with Crippen molar-refractivity contribution in [3.05, 3.63) is 52.1 Å². The highest BCUT2D eigenvalue weighted by Gasteiger charge is 2.16. The van der Waals surface area contributed by atoms with E-state index in [1.807, 2.05) is 45.0 Å². The Bertz CT molecular complexity index is 828. The monoisotopic (exact) mass is 268 g/mol. The van der Waals surface area contributed by atoms with E-state index >= 15 is 0 Å². The maximum Gasteiger partial charge on any atom is 0.251 e. The van der Waals surface area contributed by atoms with Gasteiger partial charge in [-0.1, -0.05) is 32.0 Å². The van der Waals surface area contributed by atoms with Gasteiger partial charge < -0.3 is 9.40 Å². The number of aromatic nitrogens is 2. The molecule has 4 heteroatoms. The van der Waals surface area contributed by atoms with Crippen molar-refractivity contribution < 1.29 is 4.42 Å². The van der Waals surface area contributed by atoms with Crippen molar-refractivity contribution in [1.29, 1.82) is 0 Å². The van der Waals surface area contributed by atoms with E-state index in [-0.39, 0.29) is 11.5 Å². The van der Waals surface area contributed by atoms with Crippen LogP contribution in [0.5, 0.6) is 0 Å². The second-order valence-electron chi connectivity index (χ2n) is 5.20. The number of rotatable bonds is 2. The molecule has 4 nitrogen and oxygen atoms in total. The van der Waals surface area contributed by atoms with E-state index in [2.05, 4.69) is 9.97 Å². The first kappa shape index (κ1) is 12.7. The molecule has 20 heavy (non-hydrogen) atoms. The fourth-order valence-corrected chi connectivity index (χ4v) is 2.35. The number of para-hydroxylation sites is 1. The number of furan rings is 1. The highest BCUT2D eigenvalue weighted by atomic mass is 16.3. The summed E-state index contributed by atoms with van der Waals surface area (Å²) in [5, 5.41) is 0.967. The molecule has 0 amide bonds. The Labute approximate surface area is 116 Å². The zero-order valence-corrected chi connectivity index (χ0v) is 11.7. The summed E-state index contributed by atoms with van der Waals surface area (Å²) in [5.74, 6) is 1.54. The molecule has 1 aromatic carbocycles.